The number of unbranched alkanes of at least 4 members (excludes halogenated alkanes) is 2. The number of hydrogen-bond donors (Lipinski definition) is 3. The summed E-state index contributed by atoms with van der Waals surface area (Å²) in [5.74, 6) is 0.790. The molecule has 1 aromatic rings. The average molecular weight is 407 g/mol. The van der Waals surface area contributed by atoms with E-state index in [-0.39, 0.29) is 18.4 Å². The second-order valence-corrected chi connectivity index (χ2v) is 8.71. The van der Waals surface area contributed by atoms with Gasteiger partial charge in [-0.1, -0.05) is 36.4 Å². The van der Waals surface area contributed by atoms with Crippen LogP contribution in [0.3, 0.4) is 0 Å². The molecular formula is C23H34O4S. The van der Waals surface area contributed by atoms with Crippen molar-refractivity contribution in [1.29, 1.82) is 0 Å². The molecule has 28 heavy (non-hydrogen) atoms. The van der Waals surface area contributed by atoms with E-state index in [2.05, 4.69) is 24.3 Å². The molecule has 0 radical (unpaired) electrons. The minimum absolute atomic E-state index is 0.225. The maximum absolute atomic E-state index is 10.5. The Morgan fingerprint density at radius 1 is 1.21 bits per heavy atom. The van der Waals surface area contributed by atoms with Gasteiger partial charge in [-0.2, -0.15) is 11.8 Å². The number of rotatable bonds is 12. The third-order valence-electron chi connectivity index (χ3n) is 5.72. The molecule has 0 amide bonds. The van der Waals surface area contributed by atoms with Crippen molar-refractivity contribution < 1.29 is 20.1 Å². The zero-order valence-electron chi connectivity index (χ0n) is 16.8. The lowest BCUT2D eigenvalue weighted by molar-refractivity contribution is -0.137. The van der Waals surface area contributed by atoms with E-state index in [1.807, 2.05) is 18.4 Å². The molecule has 1 aliphatic rings. The molecule has 4 nitrogen and oxygen atoms in total. The summed E-state index contributed by atoms with van der Waals surface area (Å²) in [5, 5.41) is 29.3. The minimum Gasteiger partial charge on any atom is -0.481 e. The highest BCUT2D eigenvalue weighted by Gasteiger charge is 2.34. The summed E-state index contributed by atoms with van der Waals surface area (Å²) >= 11 is 1.74. The van der Waals surface area contributed by atoms with Crippen molar-refractivity contribution in [1.82, 2.24) is 0 Å². The Labute approximate surface area is 173 Å². The van der Waals surface area contributed by atoms with E-state index in [1.54, 1.807) is 11.8 Å². The van der Waals surface area contributed by atoms with Crippen LogP contribution >= 0.6 is 11.8 Å². The van der Waals surface area contributed by atoms with E-state index in [0.29, 0.717) is 12.3 Å². The Kier molecular flexibility index (Phi) is 10.1. The molecule has 2 rings (SSSR count). The number of thioether (sulfide) groups is 1. The molecule has 5 heteroatoms. The number of carboxylic acids is 1. The predicted molar refractivity (Wildman–Crippen MR) is 116 cm³/mol. The number of carboxylic acid groups (broad SMARTS) is 1. The Morgan fingerprint density at radius 2 is 1.96 bits per heavy atom. The van der Waals surface area contributed by atoms with Crippen LogP contribution in [0.1, 0.15) is 74.5 Å². The highest BCUT2D eigenvalue weighted by Crippen LogP contribution is 2.42. The van der Waals surface area contributed by atoms with Gasteiger partial charge >= 0.3 is 5.97 Å². The van der Waals surface area contributed by atoms with Gasteiger partial charge in [0.25, 0.3) is 0 Å². The number of hydrogen-bond acceptors (Lipinski definition) is 4. The lowest BCUT2D eigenvalue weighted by Gasteiger charge is -2.22. The summed E-state index contributed by atoms with van der Waals surface area (Å²) in [7, 11) is 0. The molecule has 0 bridgehead atoms. The number of benzene rings is 1. The van der Waals surface area contributed by atoms with Crippen LogP contribution in [-0.4, -0.2) is 39.4 Å². The minimum atomic E-state index is -0.733. The molecule has 0 saturated heterocycles. The van der Waals surface area contributed by atoms with Crippen molar-refractivity contribution in [3.05, 3.63) is 47.5 Å². The number of allylic oxidation sites excluding steroid dienone is 2. The van der Waals surface area contributed by atoms with Gasteiger partial charge in [-0.3, -0.25) is 4.79 Å². The van der Waals surface area contributed by atoms with Crippen LogP contribution in [0.15, 0.2) is 36.4 Å². The summed E-state index contributed by atoms with van der Waals surface area (Å²) in [4.78, 5) is 10.5. The number of aliphatic carboxylic acids is 1. The molecule has 1 aromatic carbocycles. The van der Waals surface area contributed by atoms with Gasteiger partial charge in [-0.05, 0) is 79.9 Å². The highest BCUT2D eigenvalue weighted by atomic mass is 32.2. The fourth-order valence-corrected chi connectivity index (χ4v) is 4.51. The molecule has 1 fully saturated rings. The molecular weight excluding hydrogens is 372 g/mol. The zero-order valence-corrected chi connectivity index (χ0v) is 17.6. The third-order valence-corrected chi connectivity index (χ3v) is 6.36. The lowest BCUT2D eigenvalue weighted by atomic mass is 9.85. The standard InChI is InChI=1S/C23H34O4S/c1-28-16-15-21(24)18-11-9-17(10-12-18)19-13-14-22(25)20(19)7-5-3-2-4-6-8-23(26)27/h3,5,9-12,19-22,24-25H,2,4,6-8,13-16H2,1H3,(H,26,27)/b5-3-. The topological polar surface area (TPSA) is 77.8 Å². The van der Waals surface area contributed by atoms with Crippen LogP contribution in [0.25, 0.3) is 0 Å². The van der Waals surface area contributed by atoms with E-state index in [0.717, 1.165) is 49.8 Å². The second-order valence-electron chi connectivity index (χ2n) is 7.73. The van der Waals surface area contributed by atoms with E-state index < -0.39 is 12.1 Å². The predicted octanol–water partition coefficient (Wildman–Crippen LogP) is 4.92. The van der Waals surface area contributed by atoms with Crippen LogP contribution in [0.4, 0.5) is 0 Å². The summed E-state index contributed by atoms with van der Waals surface area (Å²) in [6.45, 7) is 0. The van der Waals surface area contributed by atoms with Crippen molar-refractivity contribution in [3.63, 3.8) is 0 Å². The average Bonchev–Trinajstić information content (AvgIpc) is 3.05. The molecule has 3 N–H and O–H groups in total. The maximum Gasteiger partial charge on any atom is 0.303 e. The summed E-state index contributed by atoms with van der Waals surface area (Å²) in [6, 6.07) is 8.28. The number of aliphatic hydroxyl groups is 2. The van der Waals surface area contributed by atoms with Crippen LogP contribution in [0.2, 0.25) is 0 Å². The van der Waals surface area contributed by atoms with E-state index in [4.69, 9.17) is 5.11 Å². The van der Waals surface area contributed by atoms with E-state index in [1.165, 1.54) is 5.56 Å². The smallest absolute Gasteiger partial charge is 0.303 e. The van der Waals surface area contributed by atoms with Gasteiger partial charge < -0.3 is 15.3 Å². The fourth-order valence-electron chi connectivity index (χ4n) is 4.05. The first-order valence-corrected chi connectivity index (χ1v) is 11.7. The second kappa shape index (κ2) is 12.3. The van der Waals surface area contributed by atoms with Crippen molar-refractivity contribution in [3.8, 4) is 0 Å². The first-order valence-electron chi connectivity index (χ1n) is 10.3. The monoisotopic (exact) mass is 406 g/mol. The van der Waals surface area contributed by atoms with Crippen LogP contribution in [-0.2, 0) is 4.79 Å². The van der Waals surface area contributed by atoms with Gasteiger partial charge in [0.2, 0.25) is 0 Å². The Balaban J connectivity index is 1.87. The maximum atomic E-state index is 10.5. The highest BCUT2D eigenvalue weighted by molar-refractivity contribution is 7.98. The third kappa shape index (κ3) is 7.26. The molecule has 0 aliphatic heterocycles. The molecule has 1 aliphatic carbocycles. The summed E-state index contributed by atoms with van der Waals surface area (Å²) in [6.07, 6.45) is 11.8. The molecule has 0 heterocycles. The van der Waals surface area contributed by atoms with Crippen molar-refractivity contribution in [2.24, 2.45) is 5.92 Å². The van der Waals surface area contributed by atoms with Gasteiger partial charge in [0, 0.05) is 6.42 Å². The van der Waals surface area contributed by atoms with Gasteiger partial charge in [0.15, 0.2) is 0 Å². The quantitative estimate of drug-likeness (QED) is 0.339. The van der Waals surface area contributed by atoms with Gasteiger partial charge in [0.05, 0.1) is 12.2 Å². The zero-order chi connectivity index (χ0) is 20.4. The number of aliphatic hydroxyl groups excluding tert-OH is 2. The van der Waals surface area contributed by atoms with Crippen molar-refractivity contribution >= 4 is 17.7 Å². The molecule has 1 saturated carbocycles. The summed E-state index contributed by atoms with van der Waals surface area (Å²) < 4.78 is 0. The number of carbonyl (C=O) groups is 1. The van der Waals surface area contributed by atoms with Crippen LogP contribution in [0, 0.1) is 5.92 Å². The normalized spacial score (nSPS) is 23.3. The van der Waals surface area contributed by atoms with Gasteiger partial charge in [-0.25, -0.2) is 0 Å². The van der Waals surface area contributed by atoms with E-state index >= 15 is 0 Å². The Hall–Kier alpha value is -1.30. The van der Waals surface area contributed by atoms with E-state index in [9.17, 15) is 15.0 Å². The summed E-state index contributed by atoms with van der Waals surface area (Å²) in [5.41, 5.74) is 2.21. The first-order chi connectivity index (χ1) is 13.5. The molecule has 0 aromatic heterocycles. The Morgan fingerprint density at radius 3 is 2.64 bits per heavy atom. The Bertz CT molecular complexity index is 614. The SMILES string of the molecule is CSCCC(O)c1ccc(C2CCC(O)C2C/C=C\CCCCC(=O)O)cc1. The van der Waals surface area contributed by atoms with Crippen molar-refractivity contribution in [2.75, 3.05) is 12.0 Å². The van der Waals surface area contributed by atoms with Crippen LogP contribution in [0.5, 0.6) is 0 Å². The first kappa shape index (κ1) is 23.0. The van der Waals surface area contributed by atoms with Crippen molar-refractivity contribution in [2.45, 2.75) is 69.5 Å². The lowest BCUT2D eigenvalue weighted by Crippen LogP contribution is -2.17. The van der Waals surface area contributed by atoms with Crippen LogP contribution < -0.4 is 0 Å². The molecule has 4 atom stereocenters. The molecule has 0 spiro atoms. The molecule has 156 valence electrons. The van der Waals surface area contributed by atoms with Gasteiger partial charge in [-0.15, -0.1) is 0 Å². The van der Waals surface area contributed by atoms with Gasteiger partial charge in [0.1, 0.15) is 0 Å². The largest absolute Gasteiger partial charge is 0.481 e. The molecule has 4 unspecified atom stereocenters. The fraction of sp³-hybridized carbons (Fsp3) is 0.609.